The maximum atomic E-state index is 13.0. The monoisotopic (exact) mass is 409 g/mol. The summed E-state index contributed by atoms with van der Waals surface area (Å²) in [5, 5.41) is 13.2. The van der Waals surface area contributed by atoms with Gasteiger partial charge in [0.15, 0.2) is 0 Å². The summed E-state index contributed by atoms with van der Waals surface area (Å²) in [7, 11) is 4.87. The van der Waals surface area contributed by atoms with Crippen molar-refractivity contribution in [2.24, 2.45) is 5.73 Å². The zero-order valence-electron chi connectivity index (χ0n) is 17.3. The second-order valence-electron chi connectivity index (χ2n) is 6.71. The van der Waals surface area contributed by atoms with Crippen molar-refractivity contribution in [1.29, 1.82) is 5.41 Å². The molecule has 0 saturated heterocycles. The molecule has 0 aliphatic carbocycles. The van der Waals surface area contributed by atoms with Crippen LogP contribution in [0.2, 0.25) is 0 Å². The first-order valence-electron chi connectivity index (χ1n) is 9.30. The molecule has 2 rings (SSSR count). The summed E-state index contributed by atoms with van der Waals surface area (Å²) in [6.45, 7) is 0.00518. The number of benzene rings is 2. The van der Waals surface area contributed by atoms with Crippen LogP contribution in [-0.2, 0) is 9.59 Å². The number of amides is 2. The van der Waals surface area contributed by atoms with E-state index in [1.54, 1.807) is 69.7 Å². The summed E-state index contributed by atoms with van der Waals surface area (Å²) in [5.74, 6) is 0.153. The molecule has 0 aromatic heterocycles. The molecule has 0 radical (unpaired) electrons. The molecule has 0 spiro atoms. The zero-order valence-corrected chi connectivity index (χ0v) is 17.3. The van der Waals surface area contributed by atoms with Crippen LogP contribution in [0, 0.1) is 5.41 Å². The van der Waals surface area contributed by atoms with Gasteiger partial charge in [-0.15, -0.1) is 0 Å². The Kier molecular flexibility index (Phi) is 8.13. The molecule has 1 unspecified atom stereocenters. The van der Waals surface area contributed by atoms with E-state index in [4.69, 9.17) is 15.9 Å². The molecule has 0 saturated carbocycles. The van der Waals surface area contributed by atoms with Gasteiger partial charge in [-0.2, -0.15) is 0 Å². The van der Waals surface area contributed by atoms with E-state index in [1.165, 1.54) is 11.1 Å². The number of likely N-dealkylation sites (N-methyl/N-ethyl adjacent to an activating group) is 1. The maximum absolute atomic E-state index is 13.0. The summed E-state index contributed by atoms with van der Waals surface area (Å²) < 4.78 is 5.26. The minimum Gasteiger partial charge on any atom is -0.497 e. The van der Waals surface area contributed by atoms with E-state index in [9.17, 15) is 9.59 Å². The van der Waals surface area contributed by atoms with Gasteiger partial charge in [0.2, 0.25) is 11.8 Å². The van der Waals surface area contributed by atoms with Gasteiger partial charge in [-0.05, 0) is 35.4 Å². The molecular weight excluding hydrogens is 382 g/mol. The standard InChI is InChI=1S/C22H27N5O3/c1-27(2)20(28)14-25-21(16-5-4-6-19(11-16)30-3)22(29)26-18-9-7-15(8-10-18)17(12-23)13-24/h4-13,21,23,25H,14,24H2,1-3H3,(H,26,29)/b17-13+,23-12?. The minimum atomic E-state index is -0.759. The topological polar surface area (TPSA) is 121 Å². The number of anilines is 1. The third-order valence-corrected chi connectivity index (χ3v) is 4.47. The average molecular weight is 409 g/mol. The number of nitrogens with zero attached hydrogens (tertiary/aromatic N) is 1. The molecule has 158 valence electrons. The smallest absolute Gasteiger partial charge is 0.246 e. The van der Waals surface area contributed by atoms with Crippen LogP contribution < -0.4 is 21.1 Å². The van der Waals surface area contributed by atoms with Crippen LogP contribution in [0.4, 0.5) is 5.69 Å². The molecule has 1 atom stereocenters. The number of rotatable bonds is 9. The van der Waals surface area contributed by atoms with Crippen LogP contribution in [0.15, 0.2) is 54.7 Å². The Morgan fingerprint density at radius 3 is 2.47 bits per heavy atom. The van der Waals surface area contributed by atoms with Gasteiger partial charge in [-0.3, -0.25) is 14.9 Å². The first-order chi connectivity index (χ1) is 14.4. The number of hydrogen-bond donors (Lipinski definition) is 4. The van der Waals surface area contributed by atoms with Crippen molar-refractivity contribution in [1.82, 2.24) is 10.2 Å². The lowest BCUT2D eigenvalue weighted by Crippen LogP contribution is -2.39. The Balaban J connectivity index is 2.23. The van der Waals surface area contributed by atoms with E-state index in [1.807, 2.05) is 0 Å². The van der Waals surface area contributed by atoms with Crippen molar-refractivity contribution in [3.63, 3.8) is 0 Å². The molecule has 30 heavy (non-hydrogen) atoms. The van der Waals surface area contributed by atoms with Gasteiger partial charge < -0.3 is 26.1 Å². The van der Waals surface area contributed by atoms with Crippen molar-refractivity contribution < 1.29 is 14.3 Å². The molecule has 5 N–H and O–H groups in total. The molecule has 0 heterocycles. The Morgan fingerprint density at radius 2 is 1.90 bits per heavy atom. The summed E-state index contributed by atoms with van der Waals surface area (Å²) in [4.78, 5) is 26.5. The first-order valence-corrected chi connectivity index (χ1v) is 9.30. The lowest BCUT2D eigenvalue weighted by atomic mass is 10.0. The lowest BCUT2D eigenvalue weighted by Gasteiger charge is -2.20. The minimum absolute atomic E-state index is 0.00518. The van der Waals surface area contributed by atoms with Gasteiger partial charge in [-0.25, -0.2) is 0 Å². The molecule has 0 bridgehead atoms. The van der Waals surface area contributed by atoms with Crippen molar-refractivity contribution in [3.8, 4) is 5.75 Å². The predicted molar refractivity (Wildman–Crippen MR) is 118 cm³/mol. The number of methoxy groups -OCH3 is 1. The van der Waals surface area contributed by atoms with Gasteiger partial charge in [-0.1, -0.05) is 24.3 Å². The number of carbonyl (C=O) groups excluding carboxylic acids is 2. The molecule has 2 aromatic carbocycles. The van der Waals surface area contributed by atoms with Crippen LogP contribution in [0.1, 0.15) is 17.2 Å². The Labute approximate surface area is 176 Å². The SMILES string of the molecule is COc1cccc(C(NCC(=O)N(C)C)C(=O)Nc2ccc(/C(C=N)=C/N)cc2)c1. The highest BCUT2D eigenvalue weighted by atomic mass is 16.5. The fourth-order valence-corrected chi connectivity index (χ4v) is 2.72. The molecule has 0 fully saturated rings. The highest BCUT2D eigenvalue weighted by molar-refractivity contribution is 6.08. The highest BCUT2D eigenvalue weighted by Crippen LogP contribution is 2.22. The highest BCUT2D eigenvalue weighted by Gasteiger charge is 2.22. The summed E-state index contributed by atoms with van der Waals surface area (Å²) in [6, 6.07) is 13.4. The quantitative estimate of drug-likeness (QED) is 0.472. The van der Waals surface area contributed by atoms with Crippen molar-refractivity contribution in [2.45, 2.75) is 6.04 Å². The Hall–Kier alpha value is -3.65. The molecular formula is C22H27N5O3. The fraction of sp³-hybridized carbons (Fsp3) is 0.227. The second-order valence-corrected chi connectivity index (χ2v) is 6.71. The zero-order chi connectivity index (χ0) is 22.1. The van der Waals surface area contributed by atoms with Crippen molar-refractivity contribution in [2.75, 3.05) is 33.1 Å². The number of allylic oxidation sites excluding steroid dienone is 1. The normalized spacial score (nSPS) is 12.0. The van der Waals surface area contributed by atoms with Crippen molar-refractivity contribution >= 4 is 29.3 Å². The largest absolute Gasteiger partial charge is 0.497 e. The van der Waals surface area contributed by atoms with Crippen LogP contribution >= 0.6 is 0 Å². The van der Waals surface area contributed by atoms with Gasteiger partial charge in [0.05, 0.1) is 13.7 Å². The third-order valence-electron chi connectivity index (χ3n) is 4.47. The number of nitrogens with one attached hydrogen (secondary N) is 3. The van der Waals surface area contributed by atoms with E-state index in [2.05, 4.69) is 10.6 Å². The fourth-order valence-electron chi connectivity index (χ4n) is 2.72. The summed E-state index contributed by atoms with van der Waals surface area (Å²) >= 11 is 0. The average Bonchev–Trinajstić information content (AvgIpc) is 2.75. The van der Waals surface area contributed by atoms with Crippen molar-refractivity contribution in [3.05, 3.63) is 65.9 Å². The van der Waals surface area contributed by atoms with Crippen LogP contribution in [-0.4, -0.2) is 50.7 Å². The second kappa shape index (κ2) is 10.8. The maximum Gasteiger partial charge on any atom is 0.246 e. The van der Waals surface area contributed by atoms with Crippen LogP contribution in [0.3, 0.4) is 0 Å². The van der Waals surface area contributed by atoms with Crippen LogP contribution in [0.5, 0.6) is 5.75 Å². The lowest BCUT2D eigenvalue weighted by molar-refractivity contribution is -0.128. The number of ether oxygens (including phenoxy) is 1. The van der Waals surface area contributed by atoms with E-state index >= 15 is 0 Å². The molecule has 8 heteroatoms. The van der Waals surface area contributed by atoms with Gasteiger partial charge in [0.25, 0.3) is 0 Å². The molecule has 0 aliphatic heterocycles. The number of hydrogen-bond acceptors (Lipinski definition) is 6. The number of carbonyl (C=O) groups is 2. The van der Waals surface area contributed by atoms with Crippen LogP contribution in [0.25, 0.3) is 5.57 Å². The van der Waals surface area contributed by atoms with E-state index in [0.717, 1.165) is 11.8 Å². The first kappa shape index (κ1) is 22.6. The molecule has 2 amide bonds. The Bertz CT molecular complexity index is 923. The van der Waals surface area contributed by atoms with E-state index < -0.39 is 6.04 Å². The Morgan fingerprint density at radius 1 is 1.20 bits per heavy atom. The van der Waals surface area contributed by atoms with Gasteiger partial charge in [0, 0.05) is 37.8 Å². The molecule has 0 aliphatic rings. The van der Waals surface area contributed by atoms with Gasteiger partial charge >= 0.3 is 0 Å². The van der Waals surface area contributed by atoms with E-state index in [-0.39, 0.29) is 18.4 Å². The van der Waals surface area contributed by atoms with Gasteiger partial charge in [0.1, 0.15) is 11.8 Å². The number of nitrogens with two attached hydrogens (primary N) is 1. The molecule has 8 nitrogen and oxygen atoms in total. The summed E-state index contributed by atoms with van der Waals surface area (Å²) in [6.07, 6.45) is 2.52. The third kappa shape index (κ3) is 5.92. The molecule has 2 aromatic rings. The predicted octanol–water partition coefficient (Wildman–Crippen LogP) is 2.00. The van der Waals surface area contributed by atoms with E-state index in [0.29, 0.717) is 22.6 Å². The summed E-state index contributed by atoms with van der Waals surface area (Å²) in [5.41, 5.74) is 8.11.